The highest BCUT2D eigenvalue weighted by atomic mass is 32.2. The Morgan fingerprint density at radius 3 is 2.21 bits per heavy atom. The smallest absolute Gasteiger partial charge is 0.0198 e. The molecule has 3 heteroatoms. The van der Waals surface area contributed by atoms with Crippen LogP contribution in [0.3, 0.4) is 0 Å². The van der Waals surface area contributed by atoms with E-state index in [4.69, 9.17) is 0 Å². The molecule has 0 aromatic heterocycles. The maximum absolute atomic E-state index is 3.51. The summed E-state index contributed by atoms with van der Waals surface area (Å²) in [4.78, 5) is 2.76. The van der Waals surface area contributed by atoms with E-state index in [9.17, 15) is 0 Å². The largest absolute Gasteiger partial charge is 0.314 e. The van der Waals surface area contributed by atoms with Gasteiger partial charge in [0.2, 0.25) is 0 Å². The van der Waals surface area contributed by atoms with Crippen LogP contribution in [0.25, 0.3) is 0 Å². The lowest BCUT2D eigenvalue weighted by molar-refractivity contribution is 0.0621. The number of nitrogens with one attached hydrogen (secondary N) is 1. The summed E-state index contributed by atoms with van der Waals surface area (Å²) in [6.45, 7) is 7.08. The first-order chi connectivity index (χ1) is 6.79. The van der Waals surface area contributed by atoms with Crippen molar-refractivity contribution in [3.05, 3.63) is 0 Å². The van der Waals surface area contributed by atoms with Crippen LogP contribution in [-0.2, 0) is 0 Å². The van der Waals surface area contributed by atoms with Gasteiger partial charge in [-0.2, -0.15) is 11.8 Å². The molecule has 2 aliphatic heterocycles. The van der Waals surface area contributed by atoms with E-state index in [0.717, 1.165) is 18.1 Å². The summed E-state index contributed by atoms with van der Waals surface area (Å²) >= 11 is 2.12. The van der Waals surface area contributed by atoms with Crippen LogP contribution in [0.5, 0.6) is 0 Å². The van der Waals surface area contributed by atoms with E-state index < -0.39 is 0 Å². The van der Waals surface area contributed by atoms with Gasteiger partial charge in [0.15, 0.2) is 0 Å². The molecule has 0 aromatic carbocycles. The average molecular weight is 214 g/mol. The number of piperazine rings is 1. The SMILES string of the molecule is CC1CNCC(C)N1C1CCSCC1. The Balaban J connectivity index is 1.97. The highest BCUT2D eigenvalue weighted by Gasteiger charge is 2.31. The Morgan fingerprint density at radius 2 is 1.64 bits per heavy atom. The predicted molar refractivity (Wildman–Crippen MR) is 64.0 cm³/mol. The van der Waals surface area contributed by atoms with Crippen molar-refractivity contribution in [3.8, 4) is 0 Å². The third-order valence-electron chi connectivity index (χ3n) is 3.51. The second kappa shape index (κ2) is 4.86. The highest BCUT2D eigenvalue weighted by Crippen LogP contribution is 2.25. The standard InChI is InChI=1S/C11H22N2S/c1-9-7-12-8-10(2)13(9)11-3-5-14-6-4-11/h9-12H,3-8H2,1-2H3. The fraction of sp³-hybridized carbons (Fsp3) is 1.00. The van der Waals surface area contributed by atoms with Crippen LogP contribution >= 0.6 is 11.8 Å². The van der Waals surface area contributed by atoms with E-state index in [2.05, 4.69) is 35.8 Å². The number of nitrogens with zero attached hydrogens (tertiary/aromatic N) is 1. The second-order valence-corrected chi connectivity index (χ2v) is 5.87. The van der Waals surface area contributed by atoms with Gasteiger partial charge in [0, 0.05) is 31.2 Å². The van der Waals surface area contributed by atoms with Crippen molar-refractivity contribution in [2.24, 2.45) is 0 Å². The monoisotopic (exact) mass is 214 g/mol. The lowest BCUT2D eigenvalue weighted by Gasteiger charge is -2.45. The van der Waals surface area contributed by atoms with Crippen LogP contribution < -0.4 is 5.32 Å². The molecule has 0 spiro atoms. The van der Waals surface area contributed by atoms with Crippen molar-refractivity contribution in [1.82, 2.24) is 10.2 Å². The molecule has 0 bridgehead atoms. The molecule has 2 fully saturated rings. The molecule has 0 radical (unpaired) electrons. The third-order valence-corrected chi connectivity index (χ3v) is 4.56. The Labute approximate surface area is 91.8 Å². The van der Waals surface area contributed by atoms with Crippen LogP contribution in [-0.4, -0.2) is 47.6 Å². The van der Waals surface area contributed by atoms with Gasteiger partial charge < -0.3 is 5.32 Å². The number of hydrogen-bond acceptors (Lipinski definition) is 3. The van der Waals surface area contributed by atoms with Gasteiger partial charge in [-0.05, 0) is 38.2 Å². The van der Waals surface area contributed by atoms with E-state index in [-0.39, 0.29) is 0 Å². The topological polar surface area (TPSA) is 15.3 Å². The van der Waals surface area contributed by atoms with Crippen LogP contribution in [0.15, 0.2) is 0 Å². The molecule has 0 aliphatic carbocycles. The molecular formula is C11H22N2S. The Bertz CT molecular complexity index is 170. The summed E-state index contributed by atoms with van der Waals surface area (Å²) in [5.41, 5.74) is 0. The molecule has 82 valence electrons. The molecule has 2 nitrogen and oxygen atoms in total. The molecule has 2 atom stereocenters. The first-order valence-electron chi connectivity index (χ1n) is 5.85. The Hall–Kier alpha value is 0.270. The molecule has 0 aromatic rings. The lowest BCUT2D eigenvalue weighted by atomic mass is 10.0. The van der Waals surface area contributed by atoms with E-state index in [0.29, 0.717) is 0 Å². The quantitative estimate of drug-likeness (QED) is 0.713. The van der Waals surface area contributed by atoms with Gasteiger partial charge >= 0.3 is 0 Å². The van der Waals surface area contributed by atoms with E-state index >= 15 is 0 Å². The van der Waals surface area contributed by atoms with Crippen LogP contribution in [0.4, 0.5) is 0 Å². The molecule has 2 heterocycles. The van der Waals surface area contributed by atoms with Gasteiger partial charge in [-0.1, -0.05) is 0 Å². The maximum atomic E-state index is 3.51. The molecule has 2 unspecified atom stereocenters. The van der Waals surface area contributed by atoms with E-state index in [1.807, 2.05) is 0 Å². The van der Waals surface area contributed by atoms with Gasteiger partial charge in [-0.15, -0.1) is 0 Å². The van der Waals surface area contributed by atoms with E-state index in [1.165, 1.54) is 37.4 Å². The van der Waals surface area contributed by atoms with Crippen molar-refractivity contribution in [2.75, 3.05) is 24.6 Å². The number of thioether (sulfide) groups is 1. The Kier molecular flexibility index (Phi) is 3.74. The van der Waals surface area contributed by atoms with Crippen molar-refractivity contribution in [1.29, 1.82) is 0 Å². The van der Waals surface area contributed by atoms with Crippen LogP contribution in [0.2, 0.25) is 0 Å². The van der Waals surface area contributed by atoms with Crippen molar-refractivity contribution in [2.45, 2.75) is 44.8 Å². The molecule has 0 saturated carbocycles. The fourth-order valence-corrected chi connectivity index (χ4v) is 3.93. The first kappa shape index (κ1) is 10.8. The molecule has 2 rings (SSSR count). The van der Waals surface area contributed by atoms with Gasteiger partial charge in [-0.3, -0.25) is 4.90 Å². The molecule has 0 amide bonds. The zero-order valence-corrected chi connectivity index (χ0v) is 10.1. The van der Waals surface area contributed by atoms with Gasteiger partial charge in [-0.25, -0.2) is 0 Å². The fourth-order valence-electron chi connectivity index (χ4n) is 2.85. The summed E-state index contributed by atoms with van der Waals surface area (Å²) in [6.07, 6.45) is 2.80. The predicted octanol–water partition coefficient (Wildman–Crippen LogP) is 1.56. The summed E-state index contributed by atoms with van der Waals surface area (Å²) in [7, 11) is 0. The van der Waals surface area contributed by atoms with Crippen LogP contribution in [0.1, 0.15) is 26.7 Å². The minimum atomic E-state index is 0.729. The third kappa shape index (κ3) is 2.26. The molecular weight excluding hydrogens is 192 g/mol. The number of rotatable bonds is 1. The summed E-state index contributed by atoms with van der Waals surface area (Å²) < 4.78 is 0. The summed E-state index contributed by atoms with van der Waals surface area (Å²) in [6, 6.07) is 2.32. The van der Waals surface area contributed by atoms with Gasteiger partial charge in [0.25, 0.3) is 0 Å². The molecule has 14 heavy (non-hydrogen) atoms. The zero-order valence-electron chi connectivity index (χ0n) is 9.33. The number of hydrogen-bond donors (Lipinski definition) is 1. The van der Waals surface area contributed by atoms with Crippen molar-refractivity contribution in [3.63, 3.8) is 0 Å². The molecule has 2 saturated heterocycles. The van der Waals surface area contributed by atoms with Gasteiger partial charge in [0.1, 0.15) is 0 Å². The molecule has 1 N–H and O–H groups in total. The van der Waals surface area contributed by atoms with Crippen LogP contribution in [0, 0.1) is 0 Å². The maximum Gasteiger partial charge on any atom is 0.0198 e. The lowest BCUT2D eigenvalue weighted by Crippen LogP contribution is -2.59. The van der Waals surface area contributed by atoms with Gasteiger partial charge in [0.05, 0.1) is 0 Å². The van der Waals surface area contributed by atoms with E-state index in [1.54, 1.807) is 0 Å². The normalized spacial score (nSPS) is 37.3. The van der Waals surface area contributed by atoms with Crippen molar-refractivity contribution >= 4 is 11.8 Å². The zero-order chi connectivity index (χ0) is 9.97. The first-order valence-corrected chi connectivity index (χ1v) is 7.00. The Morgan fingerprint density at radius 1 is 1.07 bits per heavy atom. The minimum absolute atomic E-state index is 0.729. The minimum Gasteiger partial charge on any atom is -0.314 e. The molecule has 2 aliphatic rings. The summed E-state index contributed by atoms with van der Waals surface area (Å²) in [5, 5.41) is 3.51. The average Bonchev–Trinajstić information content (AvgIpc) is 2.19. The highest BCUT2D eigenvalue weighted by molar-refractivity contribution is 7.99. The summed E-state index contributed by atoms with van der Waals surface area (Å²) in [5.74, 6) is 2.74. The van der Waals surface area contributed by atoms with Crippen molar-refractivity contribution < 1.29 is 0 Å². The second-order valence-electron chi connectivity index (χ2n) is 4.65.